The van der Waals surface area contributed by atoms with Crippen molar-refractivity contribution in [1.29, 1.82) is 0 Å². The van der Waals surface area contributed by atoms with Crippen LogP contribution in [0.5, 0.6) is 11.6 Å². The van der Waals surface area contributed by atoms with Gasteiger partial charge in [0.15, 0.2) is 0 Å². The largest absolute Gasteiger partial charge is 0.439 e. The minimum atomic E-state index is -0.335. The SMILES string of the molecule is CN(C)C1CCN(c2ccc(NC(=O)c3ccc(Oc4ccc(F)cc4)nc3)cc2)C1. The van der Waals surface area contributed by atoms with Gasteiger partial charge in [0.25, 0.3) is 5.91 Å². The van der Waals surface area contributed by atoms with Crippen molar-refractivity contribution in [2.75, 3.05) is 37.4 Å². The molecule has 1 atom stereocenters. The Kier molecular flexibility index (Phi) is 6.13. The molecule has 0 bridgehead atoms. The van der Waals surface area contributed by atoms with Gasteiger partial charge in [-0.3, -0.25) is 4.79 Å². The highest BCUT2D eigenvalue weighted by Crippen LogP contribution is 2.24. The van der Waals surface area contributed by atoms with Crippen molar-refractivity contribution in [3.8, 4) is 11.6 Å². The lowest BCUT2D eigenvalue weighted by atomic mass is 10.2. The first-order chi connectivity index (χ1) is 15.0. The summed E-state index contributed by atoms with van der Waals surface area (Å²) in [6.45, 7) is 2.04. The molecule has 0 saturated carbocycles. The molecule has 0 radical (unpaired) electrons. The van der Waals surface area contributed by atoms with E-state index in [1.807, 2.05) is 24.3 Å². The van der Waals surface area contributed by atoms with Crippen LogP contribution in [0.1, 0.15) is 16.8 Å². The summed E-state index contributed by atoms with van der Waals surface area (Å²) in [4.78, 5) is 21.3. The zero-order valence-electron chi connectivity index (χ0n) is 17.6. The van der Waals surface area contributed by atoms with Crippen LogP contribution in [-0.4, -0.2) is 49.0 Å². The third kappa shape index (κ3) is 5.19. The Morgan fingerprint density at radius 1 is 1.10 bits per heavy atom. The standard InChI is InChI=1S/C24H25FN4O2/c1-28(2)21-13-14-29(16-21)20-8-6-19(7-9-20)27-24(30)17-3-12-23(26-15-17)31-22-10-4-18(25)5-11-22/h3-12,15,21H,13-14,16H2,1-2H3,(H,27,30). The van der Waals surface area contributed by atoms with Crippen molar-refractivity contribution in [2.45, 2.75) is 12.5 Å². The minimum Gasteiger partial charge on any atom is -0.439 e. The zero-order chi connectivity index (χ0) is 21.8. The van der Waals surface area contributed by atoms with Crippen LogP contribution >= 0.6 is 0 Å². The lowest BCUT2D eigenvalue weighted by Gasteiger charge is -2.22. The average molecular weight is 420 g/mol. The number of likely N-dealkylation sites (N-methyl/N-ethyl adjacent to an activating group) is 1. The van der Waals surface area contributed by atoms with Crippen LogP contribution in [0.2, 0.25) is 0 Å². The molecule has 160 valence electrons. The zero-order valence-corrected chi connectivity index (χ0v) is 17.6. The first kappa shape index (κ1) is 20.8. The molecule has 0 spiro atoms. The van der Waals surface area contributed by atoms with Crippen LogP contribution in [-0.2, 0) is 0 Å². The minimum absolute atomic E-state index is 0.248. The topological polar surface area (TPSA) is 57.7 Å². The lowest BCUT2D eigenvalue weighted by molar-refractivity contribution is 0.102. The highest BCUT2D eigenvalue weighted by Gasteiger charge is 2.24. The second kappa shape index (κ2) is 9.14. The number of hydrogen-bond acceptors (Lipinski definition) is 5. The highest BCUT2D eigenvalue weighted by molar-refractivity contribution is 6.04. The predicted octanol–water partition coefficient (Wildman–Crippen LogP) is 4.41. The van der Waals surface area contributed by atoms with Crippen molar-refractivity contribution in [1.82, 2.24) is 9.88 Å². The normalized spacial score (nSPS) is 15.9. The Bertz CT molecular complexity index is 1020. The summed E-state index contributed by atoms with van der Waals surface area (Å²) >= 11 is 0. The summed E-state index contributed by atoms with van der Waals surface area (Å²) in [7, 11) is 4.23. The van der Waals surface area contributed by atoms with Gasteiger partial charge >= 0.3 is 0 Å². The molecule has 1 saturated heterocycles. The molecule has 0 aliphatic carbocycles. The molecule has 1 fully saturated rings. The van der Waals surface area contributed by atoms with Gasteiger partial charge in [0.2, 0.25) is 5.88 Å². The number of anilines is 2. The van der Waals surface area contributed by atoms with Gasteiger partial charge in [-0.05, 0) is 75.1 Å². The second-order valence-corrected chi connectivity index (χ2v) is 7.79. The van der Waals surface area contributed by atoms with E-state index in [-0.39, 0.29) is 11.7 Å². The number of carbonyl (C=O) groups excluding carboxylic acids is 1. The Morgan fingerprint density at radius 3 is 2.45 bits per heavy atom. The first-order valence-electron chi connectivity index (χ1n) is 10.2. The summed E-state index contributed by atoms with van der Waals surface area (Å²) in [6, 6.07) is 17.4. The van der Waals surface area contributed by atoms with Crippen LogP contribution in [0.3, 0.4) is 0 Å². The van der Waals surface area contributed by atoms with Gasteiger partial charge in [-0.2, -0.15) is 0 Å². The quantitative estimate of drug-likeness (QED) is 0.640. The summed E-state index contributed by atoms with van der Waals surface area (Å²) < 4.78 is 18.5. The van der Waals surface area contributed by atoms with Crippen molar-refractivity contribution in [3.63, 3.8) is 0 Å². The van der Waals surface area contributed by atoms with E-state index >= 15 is 0 Å². The first-order valence-corrected chi connectivity index (χ1v) is 10.2. The van der Waals surface area contributed by atoms with Crippen molar-refractivity contribution in [3.05, 3.63) is 78.2 Å². The van der Waals surface area contributed by atoms with Gasteiger partial charge in [0, 0.05) is 42.8 Å². The predicted molar refractivity (Wildman–Crippen MR) is 119 cm³/mol. The number of amides is 1. The molecule has 2 aromatic carbocycles. The van der Waals surface area contributed by atoms with Crippen molar-refractivity contribution >= 4 is 17.3 Å². The molecular formula is C24H25FN4O2. The van der Waals surface area contributed by atoms with Gasteiger partial charge in [-0.1, -0.05) is 0 Å². The third-order valence-corrected chi connectivity index (χ3v) is 5.42. The number of benzene rings is 2. The van der Waals surface area contributed by atoms with Gasteiger partial charge in [0.1, 0.15) is 11.6 Å². The Balaban J connectivity index is 1.34. The Labute approximate surface area is 181 Å². The number of pyridine rings is 1. The summed E-state index contributed by atoms with van der Waals surface area (Å²) in [5, 5.41) is 2.89. The number of halogens is 1. The van der Waals surface area contributed by atoms with Gasteiger partial charge in [-0.25, -0.2) is 9.37 Å². The van der Waals surface area contributed by atoms with E-state index in [0.29, 0.717) is 23.2 Å². The summed E-state index contributed by atoms with van der Waals surface area (Å²) in [5.74, 6) is 0.219. The van der Waals surface area contributed by atoms with E-state index in [9.17, 15) is 9.18 Å². The van der Waals surface area contributed by atoms with Crippen LogP contribution in [0.25, 0.3) is 0 Å². The molecule has 7 heteroatoms. The maximum Gasteiger partial charge on any atom is 0.257 e. The molecule has 2 heterocycles. The van der Waals surface area contributed by atoms with E-state index in [1.165, 1.54) is 30.5 Å². The summed E-state index contributed by atoms with van der Waals surface area (Å²) in [6.07, 6.45) is 2.60. The van der Waals surface area contributed by atoms with E-state index in [1.54, 1.807) is 12.1 Å². The molecule has 3 aromatic rings. The fraction of sp³-hybridized carbons (Fsp3) is 0.250. The van der Waals surface area contributed by atoms with Crippen LogP contribution in [0.15, 0.2) is 66.9 Å². The highest BCUT2D eigenvalue weighted by atomic mass is 19.1. The molecule has 31 heavy (non-hydrogen) atoms. The number of hydrogen-bond donors (Lipinski definition) is 1. The van der Waals surface area contributed by atoms with Crippen molar-refractivity contribution < 1.29 is 13.9 Å². The number of ether oxygens (including phenoxy) is 1. The number of nitrogens with zero attached hydrogens (tertiary/aromatic N) is 3. The summed E-state index contributed by atoms with van der Waals surface area (Å²) in [5.41, 5.74) is 2.30. The average Bonchev–Trinajstić information content (AvgIpc) is 3.27. The molecule has 1 unspecified atom stereocenters. The maximum absolute atomic E-state index is 13.0. The maximum atomic E-state index is 13.0. The van der Waals surface area contributed by atoms with Crippen LogP contribution in [0, 0.1) is 5.82 Å². The van der Waals surface area contributed by atoms with Gasteiger partial charge in [0.05, 0.1) is 5.56 Å². The van der Waals surface area contributed by atoms with Gasteiger partial charge in [-0.15, -0.1) is 0 Å². The number of carbonyl (C=O) groups is 1. The Morgan fingerprint density at radius 2 is 1.84 bits per heavy atom. The molecule has 1 aliphatic heterocycles. The van der Waals surface area contributed by atoms with Crippen LogP contribution < -0.4 is 15.0 Å². The monoisotopic (exact) mass is 420 g/mol. The molecular weight excluding hydrogens is 395 g/mol. The second-order valence-electron chi connectivity index (χ2n) is 7.79. The molecule has 1 aromatic heterocycles. The fourth-order valence-corrected chi connectivity index (χ4v) is 3.56. The molecule has 1 N–H and O–H groups in total. The van der Waals surface area contributed by atoms with E-state index < -0.39 is 0 Å². The van der Waals surface area contributed by atoms with Crippen molar-refractivity contribution in [2.24, 2.45) is 0 Å². The molecule has 6 nitrogen and oxygen atoms in total. The van der Waals surface area contributed by atoms with Crippen LogP contribution in [0.4, 0.5) is 15.8 Å². The Hall–Kier alpha value is -3.45. The lowest BCUT2D eigenvalue weighted by Crippen LogP contribution is -2.31. The smallest absolute Gasteiger partial charge is 0.257 e. The number of nitrogens with one attached hydrogen (secondary N) is 1. The number of aromatic nitrogens is 1. The number of rotatable bonds is 6. The fourth-order valence-electron chi connectivity index (χ4n) is 3.56. The van der Waals surface area contributed by atoms with E-state index in [0.717, 1.165) is 30.9 Å². The van der Waals surface area contributed by atoms with Gasteiger partial charge < -0.3 is 19.9 Å². The van der Waals surface area contributed by atoms with E-state index in [4.69, 9.17) is 4.74 Å². The molecule has 1 amide bonds. The molecule has 1 aliphatic rings. The third-order valence-electron chi connectivity index (χ3n) is 5.42. The molecule has 4 rings (SSSR count). The van der Waals surface area contributed by atoms with E-state index in [2.05, 4.69) is 34.2 Å².